The monoisotopic (exact) mass is 576 g/mol. The second-order valence-electron chi connectivity index (χ2n) is 7.84. The number of ether oxygens (including phenoxy) is 2. The molecule has 1 aliphatic rings. The number of benzene rings is 2. The Balaban J connectivity index is 0.00000324. The summed E-state index contributed by atoms with van der Waals surface area (Å²) in [6.07, 6.45) is 5.55. The summed E-state index contributed by atoms with van der Waals surface area (Å²) in [5, 5.41) is 6.98. The van der Waals surface area contributed by atoms with Crippen LogP contribution >= 0.6 is 24.0 Å². The molecule has 9 heteroatoms. The minimum absolute atomic E-state index is 0. The number of nitrogens with one attached hydrogen (secondary N) is 2. The summed E-state index contributed by atoms with van der Waals surface area (Å²) in [5.74, 6) is 1.63. The van der Waals surface area contributed by atoms with Crippen LogP contribution in [-0.2, 0) is 11.3 Å². The van der Waals surface area contributed by atoms with Gasteiger partial charge in [0.25, 0.3) is 0 Å². The lowest BCUT2D eigenvalue weighted by Gasteiger charge is -2.35. The van der Waals surface area contributed by atoms with Crippen molar-refractivity contribution in [3.63, 3.8) is 0 Å². The van der Waals surface area contributed by atoms with E-state index in [4.69, 9.17) is 9.47 Å². The van der Waals surface area contributed by atoms with Crippen LogP contribution in [0.2, 0.25) is 0 Å². The second kappa shape index (κ2) is 13.3. The zero-order chi connectivity index (χ0) is 22.9. The molecule has 8 nitrogen and oxygen atoms in total. The molecular formula is C25H33IN6O2. The standard InChI is InChI=1S/C25H32N6O2.HI/c1-26-25(28-17-21-5-3-4-6-23(21)31-12-11-27-19-31)29-18-24(30-13-15-33-16-14-30)20-7-9-22(32-2)10-8-20;/h3-12,19,24H,13-18H2,1-2H3,(H2,26,28,29);1H. The number of imidazole rings is 1. The van der Waals surface area contributed by atoms with E-state index in [0.717, 1.165) is 50.2 Å². The van der Waals surface area contributed by atoms with Crippen LogP contribution in [0.15, 0.2) is 72.2 Å². The quantitative estimate of drug-likeness (QED) is 0.244. The van der Waals surface area contributed by atoms with Gasteiger partial charge in [-0.25, -0.2) is 4.98 Å². The lowest BCUT2D eigenvalue weighted by atomic mass is 10.0. The van der Waals surface area contributed by atoms with Gasteiger partial charge in [0, 0.05) is 45.6 Å². The molecule has 0 aliphatic carbocycles. The summed E-state index contributed by atoms with van der Waals surface area (Å²) in [6.45, 7) is 4.70. The van der Waals surface area contributed by atoms with Crippen LogP contribution in [0.1, 0.15) is 17.2 Å². The predicted molar refractivity (Wildman–Crippen MR) is 145 cm³/mol. The first-order chi connectivity index (χ1) is 16.3. The molecule has 0 spiro atoms. The van der Waals surface area contributed by atoms with Gasteiger partial charge in [0.1, 0.15) is 5.75 Å². The van der Waals surface area contributed by atoms with Gasteiger partial charge < -0.3 is 24.7 Å². The molecule has 3 aromatic rings. The third-order valence-electron chi connectivity index (χ3n) is 5.89. The molecule has 2 aromatic carbocycles. The van der Waals surface area contributed by atoms with Crippen LogP contribution in [-0.4, -0.2) is 67.4 Å². The van der Waals surface area contributed by atoms with Crippen molar-refractivity contribution in [1.29, 1.82) is 0 Å². The first-order valence-electron chi connectivity index (χ1n) is 11.2. The number of halogens is 1. The van der Waals surface area contributed by atoms with Crippen molar-refractivity contribution in [3.8, 4) is 11.4 Å². The van der Waals surface area contributed by atoms with Crippen molar-refractivity contribution in [2.45, 2.75) is 12.6 Å². The van der Waals surface area contributed by atoms with Crippen molar-refractivity contribution in [2.75, 3.05) is 47.0 Å². The largest absolute Gasteiger partial charge is 0.497 e. The Kier molecular flexibility index (Phi) is 10.2. The average molecular weight is 576 g/mol. The highest BCUT2D eigenvalue weighted by atomic mass is 127. The van der Waals surface area contributed by atoms with Gasteiger partial charge in [0.2, 0.25) is 0 Å². The van der Waals surface area contributed by atoms with Crippen LogP contribution < -0.4 is 15.4 Å². The second-order valence-corrected chi connectivity index (χ2v) is 7.84. The number of hydrogen-bond donors (Lipinski definition) is 2. The molecule has 34 heavy (non-hydrogen) atoms. The van der Waals surface area contributed by atoms with E-state index in [9.17, 15) is 0 Å². The topological polar surface area (TPSA) is 75.9 Å². The van der Waals surface area contributed by atoms with E-state index in [-0.39, 0.29) is 30.0 Å². The minimum atomic E-state index is 0. The number of rotatable bonds is 8. The molecule has 0 radical (unpaired) electrons. The van der Waals surface area contributed by atoms with Crippen LogP contribution in [0.25, 0.3) is 5.69 Å². The van der Waals surface area contributed by atoms with Gasteiger partial charge in [-0.2, -0.15) is 0 Å². The smallest absolute Gasteiger partial charge is 0.191 e. The highest BCUT2D eigenvalue weighted by Crippen LogP contribution is 2.23. The Morgan fingerprint density at radius 3 is 2.56 bits per heavy atom. The summed E-state index contributed by atoms with van der Waals surface area (Å²) >= 11 is 0. The van der Waals surface area contributed by atoms with Crippen LogP contribution in [0.4, 0.5) is 0 Å². The lowest BCUT2D eigenvalue weighted by molar-refractivity contribution is 0.0170. The maximum Gasteiger partial charge on any atom is 0.191 e. The molecule has 2 heterocycles. The minimum Gasteiger partial charge on any atom is -0.497 e. The summed E-state index contributed by atoms with van der Waals surface area (Å²) in [6, 6.07) is 16.8. The number of aliphatic imine (C=N–C) groups is 1. The molecule has 1 aromatic heterocycles. The summed E-state index contributed by atoms with van der Waals surface area (Å²) in [7, 11) is 3.49. The van der Waals surface area contributed by atoms with Crippen molar-refractivity contribution in [1.82, 2.24) is 25.1 Å². The summed E-state index contributed by atoms with van der Waals surface area (Å²) in [5.41, 5.74) is 3.51. The molecule has 182 valence electrons. The normalized spacial score (nSPS) is 15.3. The Morgan fingerprint density at radius 1 is 1.12 bits per heavy atom. The van der Waals surface area contributed by atoms with E-state index < -0.39 is 0 Å². The van der Waals surface area contributed by atoms with E-state index >= 15 is 0 Å². The zero-order valence-corrected chi connectivity index (χ0v) is 22.0. The van der Waals surface area contributed by atoms with E-state index in [1.807, 2.05) is 41.4 Å². The molecule has 4 rings (SSSR count). The maximum atomic E-state index is 5.57. The van der Waals surface area contributed by atoms with E-state index in [0.29, 0.717) is 6.54 Å². The molecule has 1 fully saturated rings. The summed E-state index contributed by atoms with van der Waals surface area (Å²) in [4.78, 5) is 11.1. The van der Waals surface area contributed by atoms with Gasteiger partial charge in [0.05, 0.1) is 38.4 Å². The number of para-hydroxylation sites is 1. The highest BCUT2D eigenvalue weighted by Gasteiger charge is 2.23. The van der Waals surface area contributed by atoms with Gasteiger partial charge in [-0.1, -0.05) is 30.3 Å². The molecular weight excluding hydrogens is 543 g/mol. The Bertz CT molecular complexity index is 1020. The molecule has 1 aliphatic heterocycles. The molecule has 0 saturated carbocycles. The lowest BCUT2D eigenvalue weighted by Crippen LogP contribution is -2.46. The fourth-order valence-corrected chi connectivity index (χ4v) is 4.08. The number of guanidine groups is 1. The molecule has 1 unspecified atom stereocenters. The molecule has 2 N–H and O–H groups in total. The van der Waals surface area contributed by atoms with Crippen molar-refractivity contribution in [2.24, 2.45) is 4.99 Å². The SMILES string of the molecule is CN=C(NCc1ccccc1-n1ccnc1)NCC(c1ccc(OC)cc1)N1CCOCC1.I. The van der Waals surface area contributed by atoms with Crippen molar-refractivity contribution in [3.05, 3.63) is 78.4 Å². The first kappa shape index (κ1) is 26.0. The van der Waals surface area contributed by atoms with E-state index in [1.165, 1.54) is 11.1 Å². The summed E-state index contributed by atoms with van der Waals surface area (Å²) < 4.78 is 12.9. The fraction of sp³-hybridized carbons (Fsp3) is 0.360. The van der Waals surface area contributed by atoms with Gasteiger partial charge >= 0.3 is 0 Å². The van der Waals surface area contributed by atoms with Crippen LogP contribution in [0, 0.1) is 0 Å². The van der Waals surface area contributed by atoms with Crippen LogP contribution in [0.3, 0.4) is 0 Å². The molecule has 0 amide bonds. The average Bonchev–Trinajstić information content (AvgIpc) is 3.42. The van der Waals surface area contributed by atoms with Gasteiger partial charge in [-0.15, -0.1) is 24.0 Å². The molecule has 0 bridgehead atoms. The van der Waals surface area contributed by atoms with Crippen molar-refractivity contribution < 1.29 is 9.47 Å². The van der Waals surface area contributed by atoms with Gasteiger partial charge in [-0.3, -0.25) is 9.89 Å². The number of morpholine rings is 1. The third kappa shape index (κ3) is 6.71. The number of nitrogens with zero attached hydrogens (tertiary/aromatic N) is 4. The zero-order valence-electron chi connectivity index (χ0n) is 19.7. The van der Waals surface area contributed by atoms with E-state index in [2.05, 4.69) is 49.8 Å². The predicted octanol–water partition coefficient (Wildman–Crippen LogP) is 3.24. The van der Waals surface area contributed by atoms with Crippen LogP contribution in [0.5, 0.6) is 5.75 Å². The van der Waals surface area contributed by atoms with Crippen molar-refractivity contribution >= 4 is 29.9 Å². The fourth-order valence-electron chi connectivity index (χ4n) is 4.08. The Morgan fingerprint density at radius 2 is 1.88 bits per heavy atom. The first-order valence-corrected chi connectivity index (χ1v) is 11.2. The maximum absolute atomic E-state index is 5.57. The van der Waals surface area contributed by atoms with E-state index in [1.54, 1.807) is 20.4 Å². The highest BCUT2D eigenvalue weighted by molar-refractivity contribution is 14.0. The molecule has 1 saturated heterocycles. The number of methoxy groups -OCH3 is 1. The Hall–Kier alpha value is -2.63. The number of hydrogen-bond acceptors (Lipinski definition) is 5. The third-order valence-corrected chi connectivity index (χ3v) is 5.89. The molecule has 1 atom stereocenters. The Labute approximate surface area is 218 Å². The number of aromatic nitrogens is 2. The van der Waals surface area contributed by atoms with Gasteiger partial charge in [0.15, 0.2) is 5.96 Å². The van der Waals surface area contributed by atoms with Gasteiger partial charge in [-0.05, 0) is 29.3 Å².